The van der Waals surface area contributed by atoms with Crippen LogP contribution in [0.25, 0.3) is 0 Å². The molecule has 2 aromatic rings. The number of halogens is 1. The lowest BCUT2D eigenvalue weighted by Crippen LogP contribution is -2.22. The molecule has 2 aromatic heterocycles. The van der Waals surface area contributed by atoms with Crippen LogP contribution in [0.1, 0.15) is 37.4 Å². The second-order valence-electron chi connectivity index (χ2n) is 4.03. The van der Waals surface area contributed by atoms with Gasteiger partial charge in [-0.25, -0.2) is 4.39 Å². The lowest BCUT2D eigenvalue weighted by atomic mass is 10.1. The monoisotopic (exact) mass is 234 g/mol. The highest BCUT2D eigenvalue weighted by Gasteiger charge is 2.13. The van der Waals surface area contributed by atoms with E-state index in [1.54, 1.807) is 12.3 Å². The third-order valence-corrected chi connectivity index (χ3v) is 2.66. The van der Waals surface area contributed by atoms with Crippen LogP contribution in [-0.4, -0.2) is 4.98 Å². The minimum atomic E-state index is -0.319. The predicted molar refractivity (Wildman–Crippen MR) is 62.9 cm³/mol. The molecule has 0 saturated carbocycles. The molecule has 0 spiro atoms. The summed E-state index contributed by atoms with van der Waals surface area (Å²) in [7, 11) is 0. The summed E-state index contributed by atoms with van der Waals surface area (Å²) < 4.78 is 18.0. The molecule has 2 rings (SSSR count). The van der Waals surface area contributed by atoms with Gasteiger partial charge in [0, 0.05) is 6.04 Å². The molecule has 2 unspecified atom stereocenters. The number of nitrogens with zero attached hydrogens (tertiary/aromatic N) is 1. The summed E-state index contributed by atoms with van der Waals surface area (Å²) in [6.45, 7) is 4.00. The molecule has 2 atom stereocenters. The van der Waals surface area contributed by atoms with E-state index in [1.807, 2.05) is 26.0 Å². The molecule has 0 fully saturated rings. The van der Waals surface area contributed by atoms with Crippen molar-refractivity contribution >= 4 is 0 Å². The first-order chi connectivity index (χ1) is 8.16. The van der Waals surface area contributed by atoms with E-state index in [4.69, 9.17) is 4.42 Å². The fraction of sp³-hybridized carbons (Fsp3) is 0.308. The van der Waals surface area contributed by atoms with Gasteiger partial charge in [0.1, 0.15) is 11.6 Å². The molecular formula is C13H15FN2O. The second kappa shape index (κ2) is 5.10. The molecule has 0 aliphatic heterocycles. The normalized spacial score (nSPS) is 14.5. The van der Waals surface area contributed by atoms with E-state index < -0.39 is 0 Å². The lowest BCUT2D eigenvalue weighted by Gasteiger charge is -2.17. The van der Waals surface area contributed by atoms with Crippen molar-refractivity contribution in [2.45, 2.75) is 25.9 Å². The Hall–Kier alpha value is -1.68. The third-order valence-electron chi connectivity index (χ3n) is 2.66. The van der Waals surface area contributed by atoms with Crippen molar-refractivity contribution in [1.29, 1.82) is 0 Å². The molecule has 0 aromatic carbocycles. The Bertz CT molecular complexity index is 453. The maximum absolute atomic E-state index is 12.7. The van der Waals surface area contributed by atoms with Crippen molar-refractivity contribution in [3.05, 3.63) is 54.0 Å². The topological polar surface area (TPSA) is 38.1 Å². The van der Waals surface area contributed by atoms with Crippen molar-refractivity contribution in [2.75, 3.05) is 0 Å². The summed E-state index contributed by atoms with van der Waals surface area (Å²) in [4.78, 5) is 4.04. The molecular weight excluding hydrogens is 219 g/mol. The van der Waals surface area contributed by atoms with Crippen molar-refractivity contribution in [3.8, 4) is 0 Å². The standard InChI is InChI=1S/C13H15FN2O/c1-9(12-6-5-11(14)8-15-12)16-10(2)13-4-3-7-17-13/h3-10,16H,1-2H3. The van der Waals surface area contributed by atoms with Gasteiger partial charge in [-0.15, -0.1) is 0 Å². The highest BCUT2D eigenvalue weighted by atomic mass is 19.1. The molecule has 0 amide bonds. The van der Waals surface area contributed by atoms with Crippen LogP contribution in [0.5, 0.6) is 0 Å². The fourth-order valence-electron chi connectivity index (χ4n) is 1.72. The molecule has 0 aliphatic rings. The smallest absolute Gasteiger partial charge is 0.141 e. The third kappa shape index (κ3) is 2.91. The van der Waals surface area contributed by atoms with E-state index in [-0.39, 0.29) is 17.9 Å². The zero-order chi connectivity index (χ0) is 12.3. The van der Waals surface area contributed by atoms with Gasteiger partial charge in [0.25, 0.3) is 0 Å². The number of hydrogen-bond donors (Lipinski definition) is 1. The first-order valence-electron chi connectivity index (χ1n) is 5.57. The summed E-state index contributed by atoms with van der Waals surface area (Å²) in [5.74, 6) is 0.555. The number of aromatic nitrogens is 1. The van der Waals surface area contributed by atoms with Crippen molar-refractivity contribution in [3.63, 3.8) is 0 Å². The molecule has 17 heavy (non-hydrogen) atoms. The molecule has 4 heteroatoms. The number of hydrogen-bond acceptors (Lipinski definition) is 3. The van der Waals surface area contributed by atoms with Gasteiger partial charge in [-0.1, -0.05) is 0 Å². The van der Waals surface area contributed by atoms with Crippen molar-refractivity contribution in [2.24, 2.45) is 0 Å². The Labute approximate surface area is 99.7 Å². The predicted octanol–water partition coefficient (Wildman–Crippen LogP) is 3.23. The molecule has 2 heterocycles. The Morgan fingerprint density at radius 2 is 2.06 bits per heavy atom. The molecule has 3 nitrogen and oxygen atoms in total. The van der Waals surface area contributed by atoms with Crippen LogP contribution in [0.15, 0.2) is 41.1 Å². The number of rotatable bonds is 4. The van der Waals surface area contributed by atoms with Gasteiger partial charge in [0.2, 0.25) is 0 Å². The van der Waals surface area contributed by atoms with E-state index in [2.05, 4.69) is 10.3 Å². The zero-order valence-electron chi connectivity index (χ0n) is 9.85. The summed E-state index contributed by atoms with van der Waals surface area (Å²) >= 11 is 0. The summed E-state index contributed by atoms with van der Waals surface area (Å²) in [5, 5.41) is 3.34. The maximum atomic E-state index is 12.7. The lowest BCUT2D eigenvalue weighted by molar-refractivity contribution is 0.399. The highest BCUT2D eigenvalue weighted by Crippen LogP contribution is 2.18. The largest absolute Gasteiger partial charge is 0.468 e. The van der Waals surface area contributed by atoms with Crippen molar-refractivity contribution < 1.29 is 8.81 Å². The van der Waals surface area contributed by atoms with Crippen LogP contribution < -0.4 is 5.32 Å². The zero-order valence-corrected chi connectivity index (χ0v) is 9.85. The van der Waals surface area contributed by atoms with Crippen LogP contribution >= 0.6 is 0 Å². The Morgan fingerprint density at radius 3 is 2.65 bits per heavy atom. The SMILES string of the molecule is CC(NC(C)c1ccco1)c1ccc(F)cn1. The first-order valence-corrected chi connectivity index (χ1v) is 5.57. The Balaban J connectivity index is 2.01. The van der Waals surface area contributed by atoms with Crippen LogP contribution in [0.4, 0.5) is 4.39 Å². The van der Waals surface area contributed by atoms with E-state index in [1.165, 1.54) is 12.3 Å². The summed E-state index contributed by atoms with van der Waals surface area (Å²) in [6.07, 6.45) is 2.87. The van der Waals surface area contributed by atoms with Crippen LogP contribution in [0, 0.1) is 5.82 Å². The molecule has 0 saturated heterocycles. The van der Waals surface area contributed by atoms with Gasteiger partial charge in [0.05, 0.1) is 24.2 Å². The second-order valence-corrected chi connectivity index (χ2v) is 4.03. The Kier molecular flexibility index (Phi) is 3.54. The van der Waals surface area contributed by atoms with E-state index in [9.17, 15) is 4.39 Å². The van der Waals surface area contributed by atoms with Crippen LogP contribution in [0.2, 0.25) is 0 Å². The van der Waals surface area contributed by atoms with Gasteiger partial charge in [0.15, 0.2) is 0 Å². The number of furan rings is 1. The first kappa shape index (κ1) is 11.8. The van der Waals surface area contributed by atoms with E-state index >= 15 is 0 Å². The quantitative estimate of drug-likeness (QED) is 0.882. The van der Waals surface area contributed by atoms with Gasteiger partial charge < -0.3 is 4.42 Å². The average Bonchev–Trinajstić information content (AvgIpc) is 2.83. The fourth-order valence-corrected chi connectivity index (χ4v) is 1.72. The van der Waals surface area contributed by atoms with Gasteiger partial charge in [-0.05, 0) is 38.1 Å². The molecule has 0 bridgehead atoms. The van der Waals surface area contributed by atoms with E-state index in [0.717, 1.165) is 11.5 Å². The summed E-state index contributed by atoms with van der Waals surface area (Å²) in [5.41, 5.74) is 0.810. The Morgan fingerprint density at radius 1 is 1.24 bits per heavy atom. The molecule has 0 aliphatic carbocycles. The maximum Gasteiger partial charge on any atom is 0.141 e. The van der Waals surface area contributed by atoms with Gasteiger partial charge in [-0.2, -0.15) is 0 Å². The molecule has 1 N–H and O–H groups in total. The minimum Gasteiger partial charge on any atom is -0.468 e. The molecule has 0 radical (unpaired) electrons. The number of nitrogens with one attached hydrogen (secondary N) is 1. The average molecular weight is 234 g/mol. The van der Waals surface area contributed by atoms with E-state index in [0.29, 0.717) is 0 Å². The van der Waals surface area contributed by atoms with Gasteiger partial charge >= 0.3 is 0 Å². The summed E-state index contributed by atoms with van der Waals surface area (Å²) in [6, 6.07) is 7.00. The van der Waals surface area contributed by atoms with Crippen LogP contribution in [0.3, 0.4) is 0 Å². The van der Waals surface area contributed by atoms with Crippen molar-refractivity contribution in [1.82, 2.24) is 10.3 Å². The minimum absolute atomic E-state index is 0.0377. The highest BCUT2D eigenvalue weighted by molar-refractivity contribution is 5.11. The van der Waals surface area contributed by atoms with Crippen LogP contribution in [-0.2, 0) is 0 Å². The number of pyridine rings is 1. The van der Waals surface area contributed by atoms with Gasteiger partial charge in [-0.3, -0.25) is 10.3 Å². The molecule has 90 valence electrons.